The lowest BCUT2D eigenvalue weighted by atomic mass is 9.78. The number of piperidine rings is 1. The summed E-state index contributed by atoms with van der Waals surface area (Å²) in [4.78, 5) is 13.0. The van der Waals surface area contributed by atoms with Gasteiger partial charge in [0.25, 0.3) is 0 Å². The van der Waals surface area contributed by atoms with E-state index >= 15 is 0 Å². The molecule has 1 heterocycles. The average Bonchev–Trinajstić information content (AvgIpc) is 2.71. The molecule has 7 heteroatoms. The topological polar surface area (TPSA) is 75.7 Å². The van der Waals surface area contributed by atoms with E-state index in [1.54, 1.807) is 31.4 Å². The first-order valence-electron chi connectivity index (χ1n) is 10.3. The molecular formula is C21H32N2O4S. The van der Waals surface area contributed by atoms with E-state index in [1.807, 2.05) is 0 Å². The number of nitrogens with one attached hydrogen (secondary N) is 1. The highest BCUT2D eigenvalue weighted by Gasteiger charge is 2.34. The number of carbonyl (C=O) groups is 1. The van der Waals surface area contributed by atoms with Gasteiger partial charge in [0, 0.05) is 25.0 Å². The van der Waals surface area contributed by atoms with Crippen LogP contribution in [0.15, 0.2) is 29.2 Å². The van der Waals surface area contributed by atoms with Crippen molar-refractivity contribution in [2.24, 2.45) is 17.8 Å². The van der Waals surface area contributed by atoms with E-state index in [1.165, 1.54) is 10.7 Å². The number of sulfonamides is 1. The van der Waals surface area contributed by atoms with Gasteiger partial charge in [-0.3, -0.25) is 4.79 Å². The molecule has 28 heavy (non-hydrogen) atoms. The fourth-order valence-corrected chi connectivity index (χ4v) is 5.81. The molecule has 0 radical (unpaired) electrons. The Hall–Kier alpha value is -1.60. The van der Waals surface area contributed by atoms with Gasteiger partial charge in [-0.25, -0.2) is 8.42 Å². The third-order valence-corrected chi connectivity index (χ3v) is 8.47. The Kier molecular flexibility index (Phi) is 6.65. The minimum Gasteiger partial charge on any atom is -0.497 e. The average molecular weight is 409 g/mol. The molecule has 1 aliphatic heterocycles. The molecule has 0 bridgehead atoms. The predicted octanol–water partition coefficient (Wildman–Crippen LogP) is 3.04. The Morgan fingerprint density at radius 1 is 1.07 bits per heavy atom. The molecule has 3 atom stereocenters. The van der Waals surface area contributed by atoms with Crippen LogP contribution in [-0.4, -0.2) is 44.9 Å². The van der Waals surface area contributed by atoms with Crippen molar-refractivity contribution in [3.8, 4) is 5.75 Å². The lowest BCUT2D eigenvalue weighted by molar-refractivity contribution is -0.127. The van der Waals surface area contributed by atoms with Crippen molar-refractivity contribution < 1.29 is 17.9 Å². The van der Waals surface area contributed by atoms with Crippen LogP contribution in [0.1, 0.15) is 46.0 Å². The van der Waals surface area contributed by atoms with Crippen molar-refractivity contribution in [1.82, 2.24) is 9.62 Å². The molecule has 2 fully saturated rings. The number of hydrogen-bond donors (Lipinski definition) is 1. The summed E-state index contributed by atoms with van der Waals surface area (Å²) in [6.07, 6.45) is 4.57. The molecule has 156 valence electrons. The molecule has 2 aliphatic rings. The normalized spacial score (nSPS) is 27.3. The van der Waals surface area contributed by atoms with Gasteiger partial charge in [0.05, 0.1) is 12.0 Å². The Morgan fingerprint density at radius 2 is 1.71 bits per heavy atom. The Labute approximate surface area is 168 Å². The van der Waals surface area contributed by atoms with Crippen LogP contribution in [0.2, 0.25) is 0 Å². The van der Waals surface area contributed by atoms with Gasteiger partial charge in [0.1, 0.15) is 5.75 Å². The summed E-state index contributed by atoms with van der Waals surface area (Å²) in [5.41, 5.74) is 0. The van der Waals surface area contributed by atoms with Crippen molar-refractivity contribution in [3.05, 3.63) is 24.3 Å². The van der Waals surface area contributed by atoms with E-state index in [0.717, 1.165) is 12.8 Å². The number of carbonyl (C=O) groups excluding carboxylic acids is 1. The maximum atomic E-state index is 12.8. The largest absolute Gasteiger partial charge is 0.497 e. The predicted molar refractivity (Wildman–Crippen MR) is 109 cm³/mol. The number of hydrogen-bond acceptors (Lipinski definition) is 4. The number of nitrogens with zero attached hydrogens (tertiary/aromatic N) is 1. The van der Waals surface area contributed by atoms with Crippen LogP contribution in [0, 0.1) is 17.8 Å². The number of methoxy groups -OCH3 is 1. The van der Waals surface area contributed by atoms with E-state index in [0.29, 0.717) is 43.5 Å². The molecule has 0 spiro atoms. The van der Waals surface area contributed by atoms with Crippen molar-refractivity contribution >= 4 is 15.9 Å². The van der Waals surface area contributed by atoms with E-state index in [-0.39, 0.29) is 22.8 Å². The lowest BCUT2D eigenvalue weighted by Crippen LogP contribution is -2.48. The van der Waals surface area contributed by atoms with Crippen LogP contribution in [0.5, 0.6) is 5.75 Å². The number of ether oxygens (including phenoxy) is 1. The third kappa shape index (κ3) is 4.51. The first-order valence-corrected chi connectivity index (χ1v) is 11.7. The third-order valence-electron chi connectivity index (χ3n) is 6.56. The number of rotatable bonds is 5. The van der Waals surface area contributed by atoms with E-state index in [9.17, 15) is 13.2 Å². The van der Waals surface area contributed by atoms with E-state index < -0.39 is 10.0 Å². The minimum atomic E-state index is -3.53. The van der Waals surface area contributed by atoms with Gasteiger partial charge in [-0.2, -0.15) is 4.31 Å². The van der Waals surface area contributed by atoms with Gasteiger partial charge in [-0.1, -0.05) is 26.7 Å². The molecule has 3 rings (SSSR count). The summed E-state index contributed by atoms with van der Waals surface area (Å²) in [6, 6.07) is 6.69. The summed E-state index contributed by atoms with van der Waals surface area (Å²) < 4.78 is 32.3. The summed E-state index contributed by atoms with van der Waals surface area (Å²) in [7, 11) is -1.98. The molecule has 1 saturated heterocycles. The molecule has 1 aromatic rings. The Morgan fingerprint density at radius 3 is 2.32 bits per heavy atom. The molecule has 1 aromatic carbocycles. The fourth-order valence-electron chi connectivity index (χ4n) is 4.34. The van der Waals surface area contributed by atoms with Crippen LogP contribution in [0.25, 0.3) is 0 Å². The first-order chi connectivity index (χ1) is 13.3. The molecule has 0 unspecified atom stereocenters. The standard InChI is InChI=1S/C21H32N2O4S/c1-15-5-4-6-20(16(15)2)22-21(24)17-11-13-23(14-12-17)28(25,26)19-9-7-18(27-3)8-10-19/h7-10,15-17,20H,4-6,11-14H2,1-3H3,(H,22,24)/t15-,16+,20-/m1/s1. The highest BCUT2D eigenvalue weighted by Crippen LogP contribution is 2.30. The molecule has 1 aliphatic carbocycles. The second-order valence-corrected chi connectivity index (χ2v) is 10.2. The zero-order valence-corrected chi connectivity index (χ0v) is 17.9. The SMILES string of the molecule is COc1ccc(S(=O)(=O)N2CCC(C(=O)N[C@@H]3CCC[C@@H](C)[C@@H]3C)CC2)cc1. The molecular weight excluding hydrogens is 376 g/mol. The van der Waals surface area contributed by atoms with Gasteiger partial charge in [0.15, 0.2) is 0 Å². The maximum absolute atomic E-state index is 12.8. The van der Waals surface area contributed by atoms with Gasteiger partial charge < -0.3 is 10.1 Å². The molecule has 1 N–H and O–H groups in total. The van der Waals surface area contributed by atoms with Crippen LogP contribution >= 0.6 is 0 Å². The lowest BCUT2D eigenvalue weighted by Gasteiger charge is -2.36. The van der Waals surface area contributed by atoms with Crippen molar-refractivity contribution in [3.63, 3.8) is 0 Å². The molecule has 1 amide bonds. The summed E-state index contributed by atoms with van der Waals surface area (Å²) >= 11 is 0. The Balaban J connectivity index is 1.56. The molecule has 1 saturated carbocycles. The van der Waals surface area contributed by atoms with Gasteiger partial charge in [0.2, 0.25) is 15.9 Å². The second-order valence-electron chi connectivity index (χ2n) is 8.24. The van der Waals surface area contributed by atoms with Gasteiger partial charge in [-0.05, 0) is 55.4 Å². The summed E-state index contributed by atoms with van der Waals surface area (Å²) in [5.74, 6) is 1.74. The molecule has 6 nitrogen and oxygen atoms in total. The monoisotopic (exact) mass is 408 g/mol. The zero-order valence-electron chi connectivity index (χ0n) is 17.1. The summed E-state index contributed by atoms with van der Waals surface area (Å²) in [6.45, 7) is 5.23. The van der Waals surface area contributed by atoms with Crippen molar-refractivity contribution in [2.75, 3.05) is 20.2 Å². The van der Waals surface area contributed by atoms with E-state index in [2.05, 4.69) is 19.2 Å². The molecule has 0 aromatic heterocycles. The fraction of sp³-hybridized carbons (Fsp3) is 0.667. The first kappa shape index (κ1) is 21.1. The number of amides is 1. The zero-order chi connectivity index (χ0) is 20.3. The highest BCUT2D eigenvalue weighted by atomic mass is 32.2. The maximum Gasteiger partial charge on any atom is 0.243 e. The highest BCUT2D eigenvalue weighted by molar-refractivity contribution is 7.89. The van der Waals surface area contributed by atoms with Crippen LogP contribution in [0.4, 0.5) is 0 Å². The van der Waals surface area contributed by atoms with E-state index in [4.69, 9.17) is 4.74 Å². The van der Waals surface area contributed by atoms with Gasteiger partial charge in [-0.15, -0.1) is 0 Å². The number of benzene rings is 1. The summed E-state index contributed by atoms with van der Waals surface area (Å²) in [5, 5.41) is 3.25. The van der Waals surface area contributed by atoms with Crippen LogP contribution in [0.3, 0.4) is 0 Å². The van der Waals surface area contributed by atoms with Crippen LogP contribution in [-0.2, 0) is 14.8 Å². The quantitative estimate of drug-likeness (QED) is 0.813. The Bertz CT molecular complexity index is 770. The smallest absolute Gasteiger partial charge is 0.243 e. The van der Waals surface area contributed by atoms with Crippen LogP contribution < -0.4 is 10.1 Å². The van der Waals surface area contributed by atoms with Gasteiger partial charge >= 0.3 is 0 Å². The van der Waals surface area contributed by atoms with Crippen molar-refractivity contribution in [1.29, 1.82) is 0 Å². The van der Waals surface area contributed by atoms with Crippen molar-refractivity contribution in [2.45, 2.75) is 56.9 Å². The minimum absolute atomic E-state index is 0.0902. The second kappa shape index (κ2) is 8.82.